The van der Waals surface area contributed by atoms with Gasteiger partial charge in [0.25, 0.3) is 5.91 Å². The number of aromatic nitrogens is 2. The molecule has 0 bridgehead atoms. The van der Waals surface area contributed by atoms with Crippen molar-refractivity contribution in [3.8, 4) is 0 Å². The zero-order valence-corrected chi connectivity index (χ0v) is 16.0. The summed E-state index contributed by atoms with van der Waals surface area (Å²) >= 11 is 0. The molecule has 1 saturated heterocycles. The van der Waals surface area contributed by atoms with Crippen molar-refractivity contribution in [3.63, 3.8) is 0 Å². The van der Waals surface area contributed by atoms with Gasteiger partial charge < -0.3 is 31.2 Å². The summed E-state index contributed by atoms with van der Waals surface area (Å²) in [6.45, 7) is -0.567. The van der Waals surface area contributed by atoms with E-state index in [1.165, 1.54) is 29.6 Å². The summed E-state index contributed by atoms with van der Waals surface area (Å²) in [5.74, 6) is -2.83. The molecule has 3 aromatic heterocycles. The van der Waals surface area contributed by atoms with Crippen molar-refractivity contribution >= 4 is 34.3 Å². The predicted octanol–water partition coefficient (Wildman–Crippen LogP) is 1.74. The van der Waals surface area contributed by atoms with Crippen molar-refractivity contribution in [2.75, 3.05) is 29.0 Å². The Kier molecular flexibility index (Phi) is 5.19. The van der Waals surface area contributed by atoms with E-state index >= 15 is 0 Å². The number of hydrogen-bond acceptors (Lipinski definition) is 8. The third-order valence-electron chi connectivity index (χ3n) is 5.21. The number of carbonyl (C=O) groups excluding carboxylic acids is 1. The third kappa shape index (κ3) is 3.86. The molecule has 9 nitrogen and oxygen atoms in total. The normalized spacial score (nSPS) is 22.0. The van der Waals surface area contributed by atoms with Gasteiger partial charge in [-0.1, -0.05) is 0 Å². The highest BCUT2D eigenvalue weighted by Crippen LogP contribution is 2.37. The summed E-state index contributed by atoms with van der Waals surface area (Å²) in [4.78, 5) is 22.3. The zero-order chi connectivity index (χ0) is 22.3. The van der Waals surface area contributed by atoms with Gasteiger partial charge in [-0.05, 0) is 18.2 Å². The molecule has 6 N–H and O–H groups in total. The molecule has 1 amide bonds. The van der Waals surface area contributed by atoms with Gasteiger partial charge in [0.15, 0.2) is 5.58 Å². The van der Waals surface area contributed by atoms with Crippen LogP contribution >= 0.6 is 0 Å². The van der Waals surface area contributed by atoms with Crippen LogP contribution in [0.5, 0.6) is 0 Å². The van der Waals surface area contributed by atoms with E-state index in [-0.39, 0.29) is 34.9 Å². The smallest absolute Gasteiger partial charge is 0.396 e. The van der Waals surface area contributed by atoms with Gasteiger partial charge in [0.2, 0.25) is 5.88 Å². The number of nitrogens with zero attached hydrogens (tertiary/aromatic N) is 3. The number of rotatable bonds is 3. The number of aliphatic hydroxyl groups is 1. The number of amides is 1. The second kappa shape index (κ2) is 7.71. The first kappa shape index (κ1) is 20.9. The second-order valence-corrected chi connectivity index (χ2v) is 7.25. The van der Waals surface area contributed by atoms with Gasteiger partial charge in [-0.2, -0.15) is 13.2 Å². The number of furan rings is 1. The molecular weight excluding hydrogens is 417 g/mol. The molecule has 0 unspecified atom stereocenters. The lowest BCUT2D eigenvalue weighted by Crippen LogP contribution is -2.60. The van der Waals surface area contributed by atoms with Crippen LogP contribution in [0.1, 0.15) is 10.4 Å². The first-order valence-electron chi connectivity index (χ1n) is 9.30. The molecule has 3 atom stereocenters. The zero-order valence-electron chi connectivity index (χ0n) is 16.0. The summed E-state index contributed by atoms with van der Waals surface area (Å²) in [7, 11) is 0. The highest BCUT2D eigenvalue weighted by atomic mass is 19.4. The van der Waals surface area contributed by atoms with Gasteiger partial charge in [-0.25, -0.2) is 0 Å². The maximum Gasteiger partial charge on any atom is 0.396 e. The molecule has 31 heavy (non-hydrogen) atoms. The Labute approximate surface area is 173 Å². The molecule has 1 fully saturated rings. The Morgan fingerprint density at radius 2 is 2.06 bits per heavy atom. The van der Waals surface area contributed by atoms with Crippen molar-refractivity contribution in [1.29, 1.82) is 0 Å². The van der Waals surface area contributed by atoms with Crippen LogP contribution in [0.15, 0.2) is 41.2 Å². The number of nitrogens with one attached hydrogen (secondary N) is 1. The summed E-state index contributed by atoms with van der Waals surface area (Å²) in [5, 5.41) is 12.5. The number of nitrogens with two attached hydrogens (primary N) is 2. The molecular formula is C19H19F3N6O3. The van der Waals surface area contributed by atoms with Crippen molar-refractivity contribution in [2.24, 2.45) is 11.7 Å². The van der Waals surface area contributed by atoms with Gasteiger partial charge >= 0.3 is 6.18 Å². The molecule has 1 aliphatic heterocycles. The van der Waals surface area contributed by atoms with Crippen molar-refractivity contribution < 1.29 is 27.5 Å². The molecule has 0 aromatic carbocycles. The topological polar surface area (TPSA) is 144 Å². The number of nitrogen functional groups attached to an aromatic ring is 1. The van der Waals surface area contributed by atoms with E-state index in [1.807, 2.05) is 0 Å². The average molecular weight is 436 g/mol. The van der Waals surface area contributed by atoms with Gasteiger partial charge in [-0.15, -0.1) is 0 Å². The molecule has 0 spiro atoms. The maximum absolute atomic E-state index is 13.4. The predicted molar refractivity (Wildman–Crippen MR) is 106 cm³/mol. The second-order valence-electron chi connectivity index (χ2n) is 7.25. The van der Waals surface area contributed by atoms with Crippen LogP contribution in [0.25, 0.3) is 11.1 Å². The molecule has 0 saturated carbocycles. The van der Waals surface area contributed by atoms with Crippen LogP contribution in [0.4, 0.5) is 30.4 Å². The Balaban J connectivity index is 1.65. The summed E-state index contributed by atoms with van der Waals surface area (Å²) in [6.07, 6.45) is -2.20. The number of carbonyl (C=O) groups is 1. The van der Waals surface area contributed by atoms with Crippen molar-refractivity contribution in [3.05, 3.63) is 42.4 Å². The molecule has 0 radical (unpaired) electrons. The van der Waals surface area contributed by atoms with Crippen LogP contribution in [0.2, 0.25) is 0 Å². The third-order valence-corrected chi connectivity index (χ3v) is 5.21. The highest BCUT2D eigenvalue weighted by Gasteiger charge is 2.50. The number of hydrogen-bond donors (Lipinski definition) is 4. The Hall–Kier alpha value is -3.38. The fourth-order valence-electron chi connectivity index (χ4n) is 3.68. The van der Waals surface area contributed by atoms with E-state index in [0.29, 0.717) is 5.58 Å². The Morgan fingerprint density at radius 3 is 2.81 bits per heavy atom. The first-order chi connectivity index (χ1) is 14.7. The SMILES string of the molecule is Nc1oc2cccnc2c1C(=O)Nc1cnccc1N1C[C@@H](N)[C@@H](O)[C@@H](C(F)(F)F)C1. The van der Waals surface area contributed by atoms with Crippen LogP contribution in [-0.2, 0) is 0 Å². The average Bonchev–Trinajstić information content (AvgIpc) is 3.05. The number of aliphatic hydroxyl groups excluding tert-OH is 1. The number of anilines is 3. The van der Waals surface area contributed by atoms with E-state index in [0.717, 1.165) is 0 Å². The lowest BCUT2D eigenvalue weighted by molar-refractivity contribution is -0.203. The van der Waals surface area contributed by atoms with Gasteiger partial charge in [-0.3, -0.25) is 14.8 Å². The number of halogens is 3. The van der Waals surface area contributed by atoms with Crippen LogP contribution in [-0.4, -0.2) is 52.4 Å². The molecule has 1 aliphatic rings. The maximum atomic E-state index is 13.4. The van der Waals surface area contributed by atoms with Crippen LogP contribution in [0, 0.1) is 5.92 Å². The molecule has 3 aromatic rings. The highest BCUT2D eigenvalue weighted by molar-refractivity contribution is 6.15. The Morgan fingerprint density at radius 1 is 1.29 bits per heavy atom. The molecule has 12 heteroatoms. The minimum Gasteiger partial charge on any atom is -0.438 e. The van der Waals surface area contributed by atoms with Crippen molar-refractivity contribution in [1.82, 2.24) is 9.97 Å². The molecule has 0 aliphatic carbocycles. The number of alkyl halides is 3. The summed E-state index contributed by atoms with van der Waals surface area (Å²) in [6, 6.07) is 3.55. The number of piperidine rings is 1. The lowest BCUT2D eigenvalue weighted by atomic mass is 9.90. The monoisotopic (exact) mass is 436 g/mol. The van der Waals surface area contributed by atoms with Gasteiger partial charge in [0.1, 0.15) is 11.1 Å². The van der Waals surface area contributed by atoms with E-state index in [1.54, 1.807) is 12.1 Å². The fraction of sp³-hybridized carbons (Fsp3) is 0.316. The molecule has 4 heterocycles. The van der Waals surface area contributed by atoms with E-state index < -0.39 is 36.7 Å². The fourth-order valence-corrected chi connectivity index (χ4v) is 3.68. The van der Waals surface area contributed by atoms with Gasteiger partial charge in [0.05, 0.1) is 29.6 Å². The largest absolute Gasteiger partial charge is 0.438 e. The standard InChI is InChI=1S/C19H19F3N6O3/c20-19(21,22)9-7-28(8-10(23)16(9)29)12-3-5-25-6-11(12)27-18(30)14-15-13(31-17(14)24)2-1-4-26-15/h1-6,9-10,16,29H,7-8,23-24H2,(H,27,30)/t9-,10+,16-/m0/s1. The Bertz CT molecular complexity index is 1120. The van der Waals surface area contributed by atoms with Gasteiger partial charge in [0, 0.05) is 31.5 Å². The minimum absolute atomic E-state index is 0.00402. The molecule has 4 rings (SSSR count). The quantitative estimate of drug-likeness (QED) is 0.486. The minimum atomic E-state index is -4.64. The van der Waals surface area contributed by atoms with Crippen LogP contribution < -0.4 is 21.7 Å². The summed E-state index contributed by atoms with van der Waals surface area (Å²) in [5.41, 5.74) is 12.6. The number of fused-ring (bicyclic) bond motifs is 1. The number of pyridine rings is 2. The van der Waals surface area contributed by atoms with Crippen molar-refractivity contribution in [2.45, 2.75) is 18.3 Å². The molecule has 164 valence electrons. The van der Waals surface area contributed by atoms with E-state index in [2.05, 4.69) is 15.3 Å². The van der Waals surface area contributed by atoms with E-state index in [9.17, 15) is 23.1 Å². The lowest BCUT2D eigenvalue weighted by Gasteiger charge is -2.42. The summed E-state index contributed by atoms with van der Waals surface area (Å²) < 4.78 is 45.5. The van der Waals surface area contributed by atoms with E-state index in [4.69, 9.17) is 15.9 Å². The van der Waals surface area contributed by atoms with Crippen LogP contribution in [0.3, 0.4) is 0 Å². The first-order valence-corrected chi connectivity index (χ1v) is 9.30.